The van der Waals surface area contributed by atoms with Crippen LogP contribution in [0.5, 0.6) is 0 Å². The fourth-order valence-electron chi connectivity index (χ4n) is 3.68. The first-order valence-electron chi connectivity index (χ1n) is 9.25. The first-order valence-corrected chi connectivity index (χ1v) is 9.63. The third-order valence-electron chi connectivity index (χ3n) is 5.27. The Hall–Kier alpha value is -1.98. The average molecular weight is 371 g/mol. The molecule has 1 N–H and O–H groups in total. The maximum absolute atomic E-state index is 12.0. The van der Waals surface area contributed by atoms with Crippen LogP contribution in [0.4, 0.5) is 0 Å². The third kappa shape index (κ3) is 4.05. The van der Waals surface area contributed by atoms with Crippen LogP contribution in [0.1, 0.15) is 42.9 Å². The second kappa shape index (κ2) is 7.72. The molecule has 0 spiro atoms. The van der Waals surface area contributed by atoms with E-state index in [9.17, 15) is 4.79 Å². The van der Waals surface area contributed by atoms with Crippen LogP contribution in [0.25, 0.3) is 0 Å². The molecule has 1 aliphatic carbocycles. The Labute approximate surface area is 158 Å². The van der Waals surface area contributed by atoms with E-state index in [1.165, 1.54) is 5.56 Å². The Morgan fingerprint density at radius 3 is 2.31 bits per heavy atom. The number of hydrogen-bond donors (Lipinski definition) is 1. The second-order valence-electron chi connectivity index (χ2n) is 7.22. The molecule has 1 saturated carbocycles. The summed E-state index contributed by atoms with van der Waals surface area (Å²) >= 11 is 6.07. The fraction of sp³-hybridized carbons (Fsp3) is 0.450. The van der Waals surface area contributed by atoms with Crippen LogP contribution in [0.2, 0.25) is 5.02 Å². The molecule has 6 heteroatoms. The van der Waals surface area contributed by atoms with Crippen molar-refractivity contribution >= 4 is 17.5 Å². The predicted molar refractivity (Wildman–Crippen MR) is 101 cm³/mol. The third-order valence-corrected chi connectivity index (χ3v) is 5.52. The highest BCUT2D eigenvalue weighted by Crippen LogP contribution is 2.32. The zero-order valence-electron chi connectivity index (χ0n) is 14.6. The highest BCUT2D eigenvalue weighted by Gasteiger charge is 2.33. The lowest BCUT2D eigenvalue weighted by atomic mass is 9.95. The Morgan fingerprint density at radius 2 is 1.69 bits per heavy atom. The van der Waals surface area contributed by atoms with E-state index in [4.69, 9.17) is 11.6 Å². The zero-order chi connectivity index (χ0) is 17.9. The van der Waals surface area contributed by atoms with Crippen molar-refractivity contribution in [1.29, 1.82) is 0 Å². The van der Waals surface area contributed by atoms with Gasteiger partial charge in [-0.25, -0.2) is 9.97 Å². The summed E-state index contributed by atoms with van der Waals surface area (Å²) in [5, 5.41) is 3.95. The van der Waals surface area contributed by atoms with E-state index >= 15 is 0 Å². The van der Waals surface area contributed by atoms with Crippen molar-refractivity contribution < 1.29 is 4.79 Å². The fourth-order valence-corrected chi connectivity index (χ4v) is 3.80. The Bertz CT molecular complexity index is 740. The van der Waals surface area contributed by atoms with E-state index in [1.54, 1.807) is 6.33 Å². The highest BCUT2D eigenvalue weighted by molar-refractivity contribution is 6.30. The molecule has 2 aromatic rings. The molecule has 2 heterocycles. The van der Waals surface area contributed by atoms with Gasteiger partial charge in [-0.3, -0.25) is 9.69 Å². The molecule has 2 fully saturated rings. The smallest absolute Gasteiger partial charge is 0.223 e. The molecule has 0 bridgehead atoms. The summed E-state index contributed by atoms with van der Waals surface area (Å²) in [6.07, 6.45) is 9.36. The van der Waals surface area contributed by atoms with E-state index in [1.807, 2.05) is 24.5 Å². The lowest BCUT2D eigenvalue weighted by Crippen LogP contribution is -2.46. The molecule has 4 rings (SSSR count). The lowest BCUT2D eigenvalue weighted by Gasteiger charge is -2.38. The van der Waals surface area contributed by atoms with Crippen LogP contribution in [-0.2, 0) is 4.79 Å². The SMILES string of the molecule is O=C(NC1CCN(C(c2ccc(Cl)cc2)c2cncnc2)CC1)C1CC1. The molecule has 1 aromatic heterocycles. The van der Waals surface area contributed by atoms with Crippen LogP contribution < -0.4 is 5.32 Å². The van der Waals surface area contributed by atoms with E-state index in [0.717, 1.165) is 49.4 Å². The molecule has 0 radical (unpaired) electrons. The van der Waals surface area contributed by atoms with Gasteiger partial charge in [0.05, 0.1) is 6.04 Å². The number of benzene rings is 1. The average Bonchev–Trinajstić information content (AvgIpc) is 3.51. The summed E-state index contributed by atoms with van der Waals surface area (Å²) in [6, 6.07) is 8.39. The quantitative estimate of drug-likeness (QED) is 0.878. The largest absolute Gasteiger partial charge is 0.353 e. The number of carbonyl (C=O) groups is 1. The van der Waals surface area contributed by atoms with E-state index < -0.39 is 0 Å². The van der Waals surface area contributed by atoms with Gasteiger partial charge in [0.15, 0.2) is 0 Å². The summed E-state index contributed by atoms with van der Waals surface area (Å²) in [6.45, 7) is 1.86. The number of halogens is 1. The van der Waals surface area contributed by atoms with Crippen LogP contribution in [0.3, 0.4) is 0 Å². The van der Waals surface area contributed by atoms with Crippen molar-refractivity contribution in [3.8, 4) is 0 Å². The molecule has 26 heavy (non-hydrogen) atoms. The van der Waals surface area contributed by atoms with E-state index in [2.05, 4.69) is 32.3 Å². The topological polar surface area (TPSA) is 58.1 Å². The molecule has 1 aromatic carbocycles. The molecule has 1 saturated heterocycles. The second-order valence-corrected chi connectivity index (χ2v) is 7.66. The van der Waals surface area contributed by atoms with Gasteiger partial charge in [-0.05, 0) is 43.4 Å². The molecular formula is C20H23ClN4O. The standard InChI is InChI=1S/C20H23ClN4O/c21-17-5-3-14(4-6-17)19(16-11-22-13-23-12-16)25-9-7-18(8-10-25)24-20(26)15-1-2-15/h3-6,11-13,15,18-19H,1-2,7-10H2,(H,24,26). The normalized spacial score (nSPS) is 19.9. The first-order chi connectivity index (χ1) is 12.7. The summed E-state index contributed by atoms with van der Waals surface area (Å²) in [5.41, 5.74) is 2.26. The van der Waals surface area contributed by atoms with Gasteiger partial charge in [0.2, 0.25) is 5.91 Å². The number of nitrogens with zero attached hydrogens (tertiary/aromatic N) is 3. The van der Waals surface area contributed by atoms with E-state index in [0.29, 0.717) is 0 Å². The van der Waals surface area contributed by atoms with Crippen LogP contribution in [0.15, 0.2) is 43.0 Å². The van der Waals surface area contributed by atoms with Crippen molar-refractivity contribution in [2.45, 2.75) is 37.8 Å². The molecule has 1 unspecified atom stereocenters. The minimum atomic E-state index is 0.105. The molecular weight excluding hydrogens is 348 g/mol. The van der Waals surface area contributed by atoms with Crippen LogP contribution >= 0.6 is 11.6 Å². The minimum absolute atomic E-state index is 0.105. The molecule has 1 amide bonds. The highest BCUT2D eigenvalue weighted by atomic mass is 35.5. The summed E-state index contributed by atoms with van der Waals surface area (Å²) in [7, 11) is 0. The summed E-state index contributed by atoms with van der Waals surface area (Å²) < 4.78 is 0. The van der Waals surface area contributed by atoms with Crippen LogP contribution in [0, 0.1) is 5.92 Å². The van der Waals surface area contributed by atoms with Crippen molar-refractivity contribution in [2.24, 2.45) is 5.92 Å². The minimum Gasteiger partial charge on any atom is -0.353 e. The van der Waals surface area contributed by atoms with Crippen molar-refractivity contribution in [2.75, 3.05) is 13.1 Å². The van der Waals surface area contributed by atoms with Crippen molar-refractivity contribution in [1.82, 2.24) is 20.2 Å². The van der Waals surface area contributed by atoms with Gasteiger partial charge in [0.1, 0.15) is 6.33 Å². The number of piperidine rings is 1. The summed E-state index contributed by atoms with van der Waals surface area (Å²) in [5.74, 6) is 0.519. The molecule has 5 nitrogen and oxygen atoms in total. The van der Waals surface area contributed by atoms with Gasteiger partial charge in [-0.1, -0.05) is 23.7 Å². The van der Waals surface area contributed by atoms with Crippen molar-refractivity contribution in [3.63, 3.8) is 0 Å². The predicted octanol–water partition coefficient (Wildman–Crippen LogP) is 3.21. The van der Waals surface area contributed by atoms with Gasteiger partial charge in [-0.15, -0.1) is 0 Å². The van der Waals surface area contributed by atoms with Crippen LogP contribution in [-0.4, -0.2) is 39.9 Å². The van der Waals surface area contributed by atoms with Gasteiger partial charge < -0.3 is 5.32 Å². The molecule has 1 atom stereocenters. The monoisotopic (exact) mass is 370 g/mol. The molecule has 2 aliphatic rings. The van der Waals surface area contributed by atoms with Gasteiger partial charge in [0.25, 0.3) is 0 Å². The maximum atomic E-state index is 12.0. The first kappa shape index (κ1) is 17.4. The lowest BCUT2D eigenvalue weighted by molar-refractivity contribution is -0.123. The van der Waals surface area contributed by atoms with Gasteiger partial charge >= 0.3 is 0 Å². The number of hydrogen-bond acceptors (Lipinski definition) is 4. The number of rotatable bonds is 5. The van der Waals surface area contributed by atoms with Crippen molar-refractivity contribution in [3.05, 3.63) is 59.1 Å². The maximum Gasteiger partial charge on any atom is 0.223 e. The number of likely N-dealkylation sites (tertiary alicyclic amines) is 1. The zero-order valence-corrected chi connectivity index (χ0v) is 15.4. The Morgan fingerprint density at radius 1 is 1.04 bits per heavy atom. The Kier molecular flexibility index (Phi) is 5.18. The summed E-state index contributed by atoms with van der Waals surface area (Å²) in [4.78, 5) is 22.9. The molecule has 1 aliphatic heterocycles. The number of carbonyl (C=O) groups excluding carboxylic acids is 1. The number of amides is 1. The van der Waals surface area contributed by atoms with Gasteiger partial charge in [0, 0.05) is 48.0 Å². The number of nitrogens with one attached hydrogen (secondary N) is 1. The van der Waals surface area contributed by atoms with Gasteiger partial charge in [-0.2, -0.15) is 0 Å². The molecule has 136 valence electrons. The number of aromatic nitrogens is 2. The Balaban J connectivity index is 1.48. The van der Waals surface area contributed by atoms with E-state index in [-0.39, 0.29) is 23.9 Å².